The zero-order chi connectivity index (χ0) is 17.3. The molecule has 2 nitrogen and oxygen atoms in total. The molecule has 0 aromatic heterocycles. The van der Waals surface area contributed by atoms with Gasteiger partial charge in [-0.3, -0.25) is 9.59 Å². The first-order valence-electron chi connectivity index (χ1n) is 9.86. The minimum atomic E-state index is 0.173. The van der Waals surface area contributed by atoms with Crippen molar-refractivity contribution >= 4 is 11.6 Å². The van der Waals surface area contributed by atoms with Gasteiger partial charge in [0, 0.05) is 12.3 Å². The Labute approximate surface area is 146 Å². The van der Waals surface area contributed by atoms with Crippen LogP contribution in [-0.2, 0) is 9.59 Å². The molecule has 0 spiro atoms. The highest BCUT2D eigenvalue weighted by Crippen LogP contribution is 2.67. The van der Waals surface area contributed by atoms with Crippen LogP contribution in [0.3, 0.4) is 0 Å². The molecule has 0 aromatic rings. The lowest BCUT2D eigenvalue weighted by molar-refractivity contribution is -0.127. The number of hydrogen-bond donors (Lipinski definition) is 0. The first-order valence-corrected chi connectivity index (χ1v) is 9.86. The van der Waals surface area contributed by atoms with E-state index in [1.165, 1.54) is 18.4 Å². The van der Waals surface area contributed by atoms with Crippen LogP contribution in [0.1, 0.15) is 66.2 Å². The van der Waals surface area contributed by atoms with Gasteiger partial charge in [-0.25, -0.2) is 0 Å². The molecule has 3 saturated carbocycles. The summed E-state index contributed by atoms with van der Waals surface area (Å²) in [5.74, 6) is 3.45. The maximum atomic E-state index is 12.2. The molecule has 0 N–H and O–H groups in total. The molecule has 2 heteroatoms. The van der Waals surface area contributed by atoms with Gasteiger partial charge in [0.05, 0.1) is 0 Å². The van der Waals surface area contributed by atoms with E-state index in [1.807, 2.05) is 6.08 Å². The molecule has 7 atom stereocenters. The van der Waals surface area contributed by atoms with Gasteiger partial charge in [-0.15, -0.1) is 0 Å². The number of carbonyl (C=O) groups excluding carboxylic acids is 2. The summed E-state index contributed by atoms with van der Waals surface area (Å²) in [7, 11) is 0. The van der Waals surface area contributed by atoms with E-state index in [0.29, 0.717) is 41.7 Å². The van der Waals surface area contributed by atoms with Gasteiger partial charge < -0.3 is 0 Å². The zero-order valence-electron chi connectivity index (χ0n) is 15.6. The Bertz CT molecular complexity index is 617. The number of Topliss-reactive ketones (excluding diaryl/α,β-unsaturated/α-hetero) is 1. The van der Waals surface area contributed by atoms with Crippen LogP contribution >= 0.6 is 0 Å². The summed E-state index contributed by atoms with van der Waals surface area (Å²) in [5, 5.41) is 0. The summed E-state index contributed by atoms with van der Waals surface area (Å²) in [5.41, 5.74) is 1.77. The lowest BCUT2D eigenvalue weighted by Gasteiger charge is -2.59. The van der Waals surface area contributed by atoms with Crippen molar-refractivity contribution in [3.63, 3.8) is 0 Å². The molecule has 4 aliphatic carbocycles. The van der Waals surface area contributed by atoms with Crippen molar-refractivity contribution in [1.29, 1.82) is 0 Å². The maximum Gasteiger partial charge on any atom is 0.155 e. The van der Waals surface area contributed by atoms with Gasteiger partial charge in [0.2, 0.25) is 0 Å². The van der Waals surface area contributed by atoms with Crippen LogP contribution < -0.4 is 0 Å². The van der Waals surface area contributed by atoms with Crippen LogP contribution in [-0.4, -0.2) is 11.6 Å². The molecule has 131 valence electrons. The highest BCUT2D eigenvalue weighted by Gasteiger charge is 2.60. The second-order valence-corrected chi connectivity index (χ2v) is 9.60. The van der Waals surface area contributed by atoms with Crippen molar-refractivity contribution in [2.24, 2.45) is 40.4 Å². The van der Waals surface area contributed by atoms with Crippen molar-refractivity contribution in [3.8, 4) is 0 Å². The molecule has 0 heterocycles. The van der Waals surface area contributed by atoms with Crippen LogP contribution in [0.25, 0.3) is 0 Å². The summed E-state index contributed by atoms with van der Waals surface area (Å²) < 4.78 is 0. The highest BCUT2D eigenvalue weighted by molar-refractivity contribution is 5.91. The molecule has 0 bridgehead atoms. The van der Waals surface area contributed by atoms with E-state index in [0.717, 1.165) is 19.3 Å². The van der Waals surface area contributed by atoms with Gasteiger partial charge in [-0.05, 0) is 86.0 Å². The van der Waals surface area contributed by atoms with Crippen molar-refractivity contribution in [2.75, 3.05) is 0 Å². The average Bonchev–Trinajstić information content (AvgIpc) is 2.87. The minimum Gasteiger partial charge on any atom is -0.300 e. The first-order chi connectivity index (χ1) is 11.3. The third kappa shape index (κ3) is 2.07. The highest BCUT2D eigenvalue weighted by atomic mass is 16.1. The summed E-state index contributed by atoms with van der Waals surface area (Å²) in [4.78, 5) is 24.2. The minimum absolute atomic E-state index is 0.173. The predicted molar refractivity (Wildman–Crippen MR) is 95.1 cm³/mol. The SMILES string of the molecule is CC(=O)[C@H]1CC[C@H]2[C@@H]3CC(C)C4=CC(=O)CC[C@]4(C)[C@H]3[CH]C[C@]12C. The molecule has 0 amide bonds. The lowest BCUT2D eigenvalue weighted by Crippen LogP contribution is -2.53. The molecule has 3 fully saturated rings. The molecule has 1 unspecified atom stereocenters. The van der Waals surface area contributed by atoms with Crippen molar-refractivity contribution in [3.05, 3.63) is 18.1 Å². The third-order valence-electron chi connectivity index (χ3n) is 8.45. The molecule has 0 aliphatic heterocycles. The number of hydrogen-bond acceptors (Lipinski definition) is 2. The molecule has 4 aliphatic rings. The summed E-state index contributed by atoms with van der Waals surface area (Å²) in [6.07, 6.45) is 10.9. The summed E-state index contributed by atoms with van der Waals surface area (Å²) in [6.45, 7) is 8.91. The van der Waals surface area contributed by atoms with Crippen LogP contribution in [0.2, 0.25) is 0 Å². The molecular formula is C22H31O2. The molecule has 1 radical (unpaired) electrons. The number of rotatable bonds is 1. The molecule has 24 heavy (non-hydrogen) atoms. The standard InChI is InChI=1S/C22H31O2/c1-13-11-16-18-6-5-17(14(2)23)21(18,3)10-8-19(16)22(4)9-7-15(24)12-20(13)22/h8,12-13,16-19H,5-7,9-11H2,1-4H3/t13?,16-,17+,18-,19-,21+,22+/m0/s1. The quantitative estimate of drug-likeness (QED) is 0.694. The second kappa shape index (κ2) is 5.29. The number of allylic oxidation sites excluding steroid dienone is 1. The van der Waals surface area contributed by atoms with Gasteiger partial charge in [0.15, 0.2) is 5.78 Å². The molecular weight excluding hydrogens is 296 g/mol. The third-order valence-corrected chi connectivity index (χ3v) is 8.45. The summed E-state index contributed by atoms with van der Waals surface area (Å²) in [6, 6.07) is 0. The van der Waals surface area contributed by atoms with Crippen molar-refractivity contribution < 1.29 is 9.59 Å². The van der Waals surface area contributed by atoms with Crippen LogP contribution in [0.5, 0.6) is 0 Å². The Morgan fingerprint density at radius 2 is 2.00 bits per heavy atom. The topological polar surface area (TPSA) is 34.1 Å². The Morgan fingerprint density at radius 3 is 2.71 bits per heavy atom. The molecule has 0 aromatic carbocycles. The Morgan fingerprint density at radius 1 is 1.25 bits per heavy atom. The first kappa shape index (κ1) is 16.5. The van der Waals surface area contributed by atoms with Gasteiger partial charge in [-0.1, -0.05) is 26.3 Å². The predicted octanol–water partition coefficient (Wildman–Crippen LogP) is 4.78. The smallest absolute Gasteiger partial charge is 0.155 e. The molecule has 0 saturated heterocycles. The Hall–Kier alpha value is -0.920. The van der Waals surface area contributed by atoms with E-state index in [2.05, 4.69) is 27.2 Å². The Balaban J connectivity index is 1.71. The zero-order valence-corrected chi connectivity index (χ0v) is 15.6. The second-order valence-electron chi connectivity index (χ2n) is 9.60. The fourth-order valence-corrected chi connectivity index (χ4v) is 7.32. The van der Waals surface area contributed by atoms with Gasteiger partial charge in [0.1, 0.15) is 5.78 Å². The van der Waals surface area contributed by atoms with Gasteiger partial charge in [0.25, 0.3) is 0 Å². The van der Waals surface area contributed by atoms with E-state index in [4.69, 9.17) is 0 Å². The van der Waals surface area contributed by atoms with E-state index < -0.39 is 0 Å². The lowest BCUT2D eigenvalue weighted by atomic mass is 9.45. The van der Waals surface area contributed by atoms with Crippen molar-refractivity contribution in [1.82, 2.24) is 0 Å². The average molecular weight is 327 g/mol. The van der Waals surface area contributed by atoms with Crippen molar-refractivity contribution in [2.45, 2.75) is 66.2 Å². The summed E-state index contributed by atoms with van der Waals surface area (Å²) >= 11 is 0. The van der Waals surface area contributed by atoms with Gasteiger partial charge in [-0.2, -0.15) is 0 Å². The van der Waals surface area contributed by atoms with Crippen LogP contribution in [0, 0.1) is 46.8 Å². The fourth-order valence-electron chi connectivity index (χ4n) is 7.32. The van der Waals surface area contributed by atoms with E-state index in [-0.39, 0.29) is 16.7 Å². The number of fused-ring (bicyclic) bond motifs is 5. The normalized spacial score (nSPS) is 50.6. The van der Waals surface area contributed by atoms with E-state index in [9.17, 15) is 9.59 Å². The van der Waals surface area contributed by atoms with Crippen LogP contribution in [0.4, 0.5) is 0 Å². The largest absolute Gasteiger partial charge is 0.300 e. The maximum absolute atomic E-state index is 12.2. The van der Waals surface area contributed by atoms with Crippen LogP contribution in [0.15, 0.2) is 11.6 Å². The van der Waals surface area contributed by atoms with E-state index >= 15 is 0 Å². The number of carbonyl (C=O) groups is 2. The number of ketones is 2. The Kier molecular flexibility index (Phi) is 3.64. The van der Waals surface area contributed by atoms with Gasteiger partial charge >= 0.3 is 0 Å². The molecule has 4 rings (SSSR count). The van der Waals surface area contributed by atoms with E-state index in [1.54, 1.807) is 6.92 Å². The fraction of sp³-hybridized carbons (Fsp3) is 0.773. The monoisotopic (exact) mass is 327 g/mol.